The third-order valence-electron chi connectivity index (χ3n) is 2.68. The van der Waals surface area contributed by atoms with E-state index in [9.17, 15) is 13.2 Å². The number of benzene rings is 2. The quantitative estimate of drug-likeness (QED) is 0.789. The third-order valence-corrected chi connectivity index (χ3v) is 2.68. The fourth-order valence-electron chi connectivity index (χ4n) is 1.66. The predicted molar refractivity (Wildman–Crippen MR) is 67.0 cm³/mol. The normalized spacial score (nSPS) is 11.4. The van der Waals surface area contributed by atoms with Crippen molar-refractivity contribution in [2.24, 2.45) is 0 Å². The van der Waals surface area contributed by atoms with Crippen LogP contribution in [0.4, 0.5) is 13.2 Å². The SMILES string of the molecule is Cc1cccc(OCc2ccc(C(F)(F)F)cc2)c1. The molecule has 0 unspecified atom stereocenters. The van der Waals surface area contributed by atoms with E-state index in [1.54, 1.807) is 0 Å². The van der Waals surface area contributed by atoms with E-state index < -0.39 is 11.7 Å². The van der Waals surface area contributed by atoms with Crippen LogP contribution in [0, 0.1) is 6.92 Å². The van der Waals surface area contributed by atoms with Gasteiger partial charge in [-0.05, 0) is 42.3 Å². The number of hydrogen-bond acceptors (Lipinski definition) is 1. The van der Waals surface area contributed by atoms with Crippen LogP contribution in [-0.2, 0) is 12.8 Å². The van der Waals surface area contributed by atoms with Crippen LogP contribution in [0.3, 0.4) is 0 Å². The van der Waals surface area contributed by atoms with Gasteiger partial charge in [-0.2, -0.15) is 13.2 Å². The highest BCUT2D eigenvalue weighted by Gasteiger charge is 2.29. The van der Waals surface area contributed by atoms with Gasteiger partial charge in [0.2, 0.25) is 0 Å². The first-order valence-electron chi connectivity index (χ1n) is 5.81. The molecular formula is C15H13F3O. The van der Waals surface area contributed by atoms with E-state index in [1.165, 1.54) is 12.1 Å². The Kier molecular flexibility index (Phi) is 3.79. The fourth-order valence-corrected chi connectivity index (χ4v) is 1.66. The first-order chi connectivity index (χ1) is 8.95. The van der Waals surface area contributed by atoms with E-state index in [-0.39, 0.29) is 6.61 Å². The number of aryl methyl sites for hydroxylation is 1. The fraction of sp³-hybridized carbons (Fsp3) is 0.200. The minimum atomic E-state index is -4.30. The highest BCUT2D eigenvalue weighted by atomic mass is 19.4. The zero-order chi connectivity index (χ0) is 13.9. The Hall–Kier alpha value is -1.97. The minimum absolute atomic E-state index is 0.252. The summed E-state index contributed by atoms with van der Waals surface area (Å²) in [5.41, 5.74) is 1.13. The second-order valence-corrected chi connectivity index (χ2v) is 4.30. The maximum atomic E-state index is 12.4. The second-order valence-electron chi connectivity index (χ2n) is 4.30. The van der Waals surface area contributed by atoms with Crippen LogP contribution in [0.15, 0.2) is 48.5 Å². The molecule has 0 N–H and O–H groups in total. The zero-order valence-corrected chi connectivity index (χ0v) is 10.4. The topological polar surface area (TPSA) is 9.23 Å². The second kappa shape index (κ2) is 5.34. The number of rotatable bonds is 3. The van der Waals surface area contributed by atoms with Gasteiger partial charge in [-0.15, -0.1) is 0 Å². The van der Waals surface area contributed by atoms with Gasteiger partial charge < -0.3 is 4.74 Å². The van der Waals surface area contributed by atoms with Crippen LogP contribution in [-0.4, -0.2) is 0 Å². The summed E-state index contributed by atoms with van der Waals surface area (Å²) >= 11 is 0. The highest BCUT2D eigenvalue weighted by Crippen LogP contribution is 2.29. The van der Waals surface area contributed by atoms with Crippen LogP contribution in [0.2, 0.25) is 0 Å². The molecule has 1 nitrogen and oxygen atoms in total. The molecule has 2 rings (SSSR count). The van der Waals surface area contributed by atoms with Crippen LogP contribution >= 0.6 is 0 Å². The van der Waals surface area contributed by atoms with E-state index in [4.69, 9.17) is 4.74 Å². The molecule has 0 atom stereocenters. The molecule has 0 saturated carbocycles. The molecule has 0 radical (unpaired) electrons. The van der Waals surface area contributed by atoms with Crippen molar-refractivity contribution in [2.45, 2.75) is 19.7 Å². The zero-order valence-electron chi connectivity index (χ0n) is 10.4. The van der Waals surface area contributed by atoms with Crippen LogP contribution in [0.25, 0.3) is 0 Å². The van der Waals surface area contributed by atoms with Gasteiger partial charge in [0.1, 0.15) is 12.4 Å². The molecule has 4 heteroatoms. The van der Waals surface area contributed by atoms with Crippen molar-refractivity contribution >= 4 is 0 Å². The molecule has 0 fully saturated rings. The largest absolute Gasteiger partial charge is 0.489 e. The van der Waals surface area contributed by atoms with Gasteiger partial charge >= 0.3 is 6.18 Å². The summed E-state index contributed by atoms with van der Waals surface area (Å²) in [7, 11) is 0. The monoisotopic (exact) mass is 266 g/mol. The molecule has 0 heterocycles. The lowest BCUT2D eigenvalue weighted by atomic mass is 10.1. The van der Waals surface area contributed by atoms with Crippen molar-refractivity contribution in [3.05, 3.63) is 65.2 Å². The van der Waals surface area contributed by atoms with Crippen LogP contribution in [0.1, 0.15) is 16.7 Å². The first kappa shape index (κ1) is 13.5. The molecule has 0 aliphatic heterocycles. The van der Waals surface area contributed by atoms with Crippen molar-refractivity contribution < 1.29 is 17.9 Å². The molecular weight excluding hydrogens is 253 g/mol. The van der Waals surface area contributed by atoms with Crippen molar-refractivity contribution in [3.8, 4) is 5.75 Å². The molecule has 0 amide bonds. The summed E-state index contributed by atoms with van der Waals surface area (Å²) in [5.74, 6) is 0.708. The lowest BCUT2D eigenvalue weighted by Gasteiger charge is -2.09. The smallest absolute Gasteiger partial charge is 0.416 e. The average molecular weight is 266 g/mol. The number of halogens is 3. The molecule has 19 heavy (non-hydrogen) atoms. The van der Waals surface area contributed by atoms with Gasteiger partial charge in [-0.1, -0.05) is 24.3 Å². The lowest BCUT2D eigenvalue weighted by molar-refractivity contribution is -0.137. The Labute approximate surface area is 109 Å². The van der Waals surface area contributed by atoms with Crippen molar-refractivity contribution in [2.75, 3.05) is 0 Å². The Morgan fingerprint density at radius 1 is 1.00 bits per heavy atom. The molecule has 2 aromatic carbocycles. The number of alkyl halides is 3. The summed E-state index contributed by atoms with van der Waals surface area (Å²) < 4.78 is 42.7. The van der Waals surface area contributed by atoms with Gasteiger partial charge in [-0.3, -0.25) is 0 Å². The van der Waals surface area contributed by atoms with Crippen molar-refractivity contribution in [1.82, 2.24) is 0 Å². The molecule has 0 saturated heterocycles. The minimum Gasteiger partial charge on any atom is -0.489 e. The standard InChI is InChI=1S/C15H13F3O/c1-11-3-2-4-14(9-11)19-10-12-5-7-13(8-6-12)15(16,17)18/h2-9H,10H2,1H3. The summed E-state index contributed by atoms with van der Waals surface area (Å²) in [4.78, 5) is 0. The molecule has 100 valence electrons. The Morgan fingerprint density at radius 2 is 1.68 bits per heavy atom. The third kappa shape index (κ3) is 3.74. The maximum Gasteiger partial charge on any atom is 0.416 e. The van der Waals surface area contributed by atoms with Gasteiger partial charge in [0.05, 0.1) is 5.56 Å². The van der Waals surface area contributed by atoms with Gasteiger partial charge in [0, 0.05) is 0 Å². The van der Waals surface area contributed by atoms with Crippen molar-refractivity contribution in [1.29, 1.82) is 0 Å². The molecule has 0 aromatic heterocycles. The van der Waals surface area contributed by atoms with Gasteiger partial charge in [0.25, 0.3) is 0 Å². The molecule has 0 aliphatic carbocycles. The molecule has 0 bridgehead atoms. The maximum absolute atomic E-state index is 12.4. The number of ether oxygens (including phenoxy) is 1. The molecule has 0 spiro atoms. The summed E-state index contributed by atoms with van der Waals surface area (Å²) in [6, 6.07) is 12.5. The summed E-state index contributed by atoms with van der Waals surface area (Å²) in [6.07, 6.45) is -4.30. The highest BCUT2D eigenvalue weighted by molar-refractivity contribution is 5.28. The van der Waals surface area contributed by atoms with Gasteiger partial charge in [-0.25, -0.2) is 0 Å². The van der Waals surface area contributed by atoms with Crippen LogP contribution in [0.5, 0.6) is 5.75 Å². The molecule has 2 aromatic rings. The Bertz CT molecular complexity index is 544. The van der Waals surface area contributed by atoms with E-state index >= 15 is 0 Å². The average Bonchev–Trinajstić information content (AvgIpc) is 2.36. The molecule has 0 aliphatic rings. The Balaban J connectivity index is 2.01. The first-order valence-corrected chi connectivity index (χ1v) is 5.81. The Morgan fingerprint density at radius 3 is 2.26 bits per heavy atom. The lowest BCUT2D eigenvalue weighted by Crippen LogP contribution is -2.05. The number of hydrogen-bond donors (Lipinski definition) is 0. The van der Waals surface area contributed by atoms with Crippen molar-refractivity contribution in [3.63, 3.8) is 0 Å². The summed E-state index contributed by atoms with van der Waals surface area (Å²) in [5, 5.41) is 0. The van der Waals surface area contributed by atoms with E-state index in [1.807, 2.05) is 31.2 Å². The van der Waals surface area contributed by atoms with Gasteiger partial charge in [0.15, 0.2) is 0 Å². The van der Waals surface area contributed by atoms with E-state index in [2.05, 4.69) is 0 Å². The predicted octanol–water partition coefficient (Wildman–Crippen LogP) is 4.59. The van der Waals surface area contributed by atoms with E-state index in [0.29, 0.717) is 11.3 Å². The van der Waals surface area contributed by atoms with E-state index in [0.717, 1.165) is 17.7 Å². The van der Waals surface area contributed by atoms with Crippen LogP contribution < -0.4 is 4.74 Å². The summed E-state index contributed by atoms with van der Waals surface area (Å²) in [6.45, 7) is 2.20.